The lowest BCUT2D eigenvalue weighted by Gasteiger charge is -2.12. The first-order valence-electron chi connectivity index (χ1n) is 7.72. The Labute approximate surface area is 148 Å². The van der Waals surface area contributed by atoms with Gasteiger partial charge in [-0.05, 0) is 29.8 Å². The molecule has 1 aromatic heterocycles. The van der Waals surface area contributed by atoms with Crippen molar-refractivity contribution in [2.75, 3.05) is 7.11 Å². The fourth-order valence-electron chi connectivity index (χ4n) is 2.57. The molecular formula is C20H14F3NO2. The van der Waals surface area contributed by atoms with Crippen LogP contribution in [0.25, 0.3) is 22.4 Å². The van der Waals surface area contributed by atoms with Crippen LogP contribution in [0.5, 0.6) is 0 Å². The van der Waals surface area contributed by atoms with Gasteiger partial charge >= 0.3 is 12.1 Å². The SMILES string of the molecule is COC(=O)c1ccc(-c2ccc(C(F)(F)F)cc2)c(-c2ccccc2)n1. The fourth-order valence-corrected chi connectivity index (χ4v) is 2.57. The van der Waals surface area contributed by atoms with Crippen molar-refractivity contribution in [2.24, 2.45) is 0 Å². The quantitative estimate of drug-likeness (QED) is 0.603. The van der Waals surface area contributed by atoms with E-state index in [0.717, 1.165) is 17.7 Å². The molecule has 3 nitrogen and oxygen atoms in total. The summed E-state index contributed by atoms with van der Waals surface area (Å²) in [6, 6.07) is 17.1. The van der Waals surface area contributed by atoms with Crippen LogP contribution >= 0.6 is 0 Å². The molecule has 0 aliphatic carbocycles. The molecule has 3 rings (SSSR count). The number of hydrogen-bond acceptors (Lipinski definition) is 3. The van der Waals surface area contributed by atoms with Gasteiger partial charge in [0.05, 0.1) is 18.4 Å². The first kappa shape index (κ1) is 17.7. The summed E-state index contributed by atoms with van der Waals surface area (Å²) >= 11 is 0. The number of rotatable bonds is 3. The highest BCUT2D eigenvalue weighted by Crippen LogP contribution is 2.34. The first-order chi connectivity index (χ1) is 12.4. The number of nitrogens with zero attached hydrogens (tertiary/aromatic N) is 1. The summed E-state index contributed by atoms with van der Waals surface area (Å²) in [5.41, 5.74) is 1.84. The number of benzene rings is 2. The van der Waals surface area contributed by atoms with Gasteiger partial charge in [-0.25, -0.2) is 9.78 Å². The number of halogens is 3. The Morgan fingerprint density at radius 2 is 1.54 bits per heavy atom. The smallest absolute Gasteiger partial charge is 0.416 e. The van der Waals surface area contributed by atoms with Gasteiger partial charge in [-0.3, -0.25) is 0 Å². The normalized spacial score (nSPS) is 11.2. The van der Waals surface area contributed by atoms with Crippen LogP contribution in [0.4, 0.5) is 13.2 Å². The maximum Gasteiger partial charge on any atom is 0.416 e. The second-order valence-electron chi connectivity index (χ2n) is 5.53. The molecule has 0 fully saturated rings. The highest BCUT2D eigenvalue weighted by atomic mass is 19.4. The molecule has 0 unspecified atom stereocenters. The summed E-state index contributed by atoms with van der Waals surface area (Å²) in [7, 11) is 1.26. The van der Waals surface area contributed by atoms with Crippen molar-refractivity contribution in [1.82, 2.24) is 4.98 Å². The lowest BCUT2D eigenvalue weighted by Crippen LogP contribution is -2.06. The summed E-state index contributed by atoms with van der Waals surface area (Å²) in [6.07, 6.45) is -4.40. The van der Waals surface area contributed by atoms with Gasteiger partial charge in [0, 0.05) is 11.1 Å². The molecule has 0 aliphatic rings. The van der Waals surface area contributed by atoms with Crippen LogP contribution in [-0.2, 0) is 10.9 Å². The second-order valence-corrected chi connectivity index (χ2v) is 5.53. The molecule has 0 saturated carbocycles. The van der Waals surface area contributed by atoms with E-state index in [-0.39, 0.29) is 5.69 Å². The maximum absolute atomic E-state index is 12.8. The third-order valence-corrected chi connectivity index (χ3v) is 3.86. The number of methoxy groups -OCH3 is 1. The molecule has 0 amide bonds. The summed E-state index contributed by atoms with van der Waals surface area (Å²) in [5.74, 6) is -0.582. The van der Waals surface area contributed by atoms with Crippen molar-refractivity contribution < 1.29 is 22.7 Å². The van der Waals surface area contributed by atoms with E-state index >= 15 is 0 Å². The minimum absolute atomic E-state index is 0.127. The average molecular weight is 357 g/mol. The van der Waals surface area contributed by atoms with E-state index in [4.69, 9.17) is 4.74 Å². The van der Waals surface area contributed by atoms with Crippen LogP contribution in [0, 0.1) is 0 Å². The van der Waals surface area contributed by atoms with Crippen molar-refractivity contribution in [1.29, 1.82) is 0 Å². The molecule has 0 aliphatic heterocycles. The number of hydrogen-bond donors (Lipinski definition) is 0. The number of esters is 1. The second kappa shape index (κ2) is 7.00. The molecule has 132 valence electrons. The largest absolute Gasteiger partial charge is 0.464 e. The van der Waals surface area contributed by atoms with Gasteiger partial charge in [-0.2, -0.15) is 13.2 Å². The van der Waals surface area contributed by atoms with Gasteiger partial charge in [0.2, 0.25) is 0 Å². The molecule has 1 heterocycles. The Bertz CT molecular complexity index is 920. The minimum atomic E-state index is -4.40. The maximum atomic E-state index is 12.8. The van der Waals surface area contributed by atoms with Crippen LogP contribution in [0.2, 0.25) is 0 Å². The van der Waals surface area contributed by atoms with Crippen molar-refractivity contribution in [3.63, 3.8) is 0 Å². The standard InChI is InChI=1S/C20H14F3NO2/c1-26-19(25)17-12-11-16(18(24-17)14-5-3-2-4-6-14)13-7-9-15(10-8-13)20(21,22)23/h2-12H,1H3. The molecule has 0 N–H and O–H groups in total. The van der Waals surface area contributed by atoms with Crippen molar-refractivity contribution in [3.8, 4) is 22.4 Å². The minimum Gasteiger partial charge on any atom is -0.464 e. The molecular weight excluding hydrogens is 343 g/mol. The van der Waals surface area contributed by atoms with E-state index in [0.29, 0.717) is 16.8 Å². The zero-order valence-corrected chi connectivity index (χ0v) is 13.7. The fraction of sp³-hybridized carbons (Fsp3) is 0.100. The van der Waals surface area contributed by atoms with Gasteiger partial charge in [-0.15, -0.1) is 0 Å². The molecule has 0 spiro atoms. The number of alkyl halides is 3. The van der Waals surface area contributed by atoms with Crippen LogP contribution in [-0.4, -0.2) is 18.1 Å². The monoisotopic (exact) mass is 357 g/mol. The van der Waals surface area contributed by atoms with E-state index < -0.39 is 17.7 Å². The number of carbonyl (C=O) groups is 1. The third-order valence-electron chi connectivity index (χ3n) is 3.86. The molecule has 0 saturated heterocycles. The lowest BCUT2D eigenvalue weighted by molar-refractivity contribution is -0.137. The Balaban J connectivity index is 2.13. The predicted octanol–water partition coefficient (Wildman–Crippen LogP) is 5.22. The van der Waals surface area contributed by atoms with E-state index in [1.807, 2.05) is 30.3 Å². The number of pyridine rings is 1. The number of ether oxygens (including phenoxy) is 1. The van der Waals surface area contributed by atoms with E-state index in [9.17, 15) is 18.0 Å². The van der Waals surface area contributed by atoms with Crippen molar-refractivity contribution >= 4 is 5.97 Å². The van der Waals surface area contributed by atoms with Crippen molar-refractivity contribution in [2.45, 2.75) is 6.18 Å². The Morgan fingerprint density at radius 1 is 0.885 bits per heavy atom. The highest BCUT2D eigenvalue weighted by Gasteiger charge is 2.30. The van der Waals surface area contributed by atoms with Crippen LogP contribution < -0.4 is 0 Å². The van der Waals surface area contributed by atoms with Gasteiger partial charge in [-0.1, -0.05) is 42.5 Å². The Hall–Kier alpha value is -3.15. The first-order valence-corrected chi connectivity index (χ1v) is 7.72. The Morgan fingerprint density at radius 3 is 2.12 bits per heavy atom. The van der Waals surface area contributed by atoms with E-state index in [1.54, 1.807) is 6.07 Å². The third kappa shape index (κ3) is 3.59. The molecule has 6 heteroatoms. The molecule has 0 bridgehead atoms. The van der Waals surface area contributed by atoms with Gasteiger partial charge in [0.25, 0.3) is 0 Å². The predicted molar refractivity (Wildman–Crippen MR) is 91.5 cm³/mol. The molecule has 2 aromatic carbocycles. The van der Waals surface area contributed by atoms with Crippen LogP contribution in [0.1, 0.15) is 16.1 Å². The zero-order valence-electron chi connectivity index (χ0n) is 13.7. The molecule has 3 aromatic rings. The summed E-state index contributed by atoms with van der Waals surface area (Å²) in [5, 5.41) is 0. The number of carbonyl (C=O) groups excluding carboxylic acids is 1. The van der Waals surface area contributed by atoms with Crippen molar-refractivity contribution in [3.05, 3.63) is 78.0 Å². The average Bonchev–Trinajstić information content (AvgIpc) is 2.67. The zero-order chi connectivity index (χ0) is 18.7. The summed E-state index contributed by atoms with van der Waals surface area (Å²) in [6.45, 7) is 0. The van der Waals surface area contributed by atoms with Crippen LogP contribution in [0.15, 0.2) is 66.7 Å². The Kier molecular flexibility index (Phi) is 4.75. The van der Waals surface area contributed by atoms with E-state index in [1.165, 1.54) is 25.3 Å². The van der Waals surface area contributed by atoms with Gasteiger partial charge in [0.1, 0.15) is 5.69 Å². The van der Waals surface area contributed by atoms with Gasteiger partial charge in [0.15, 0.2) is 0 Å². The molecule has 0 radical (unpaired) electrons. The van der Waals surface area contributed by atoms with Crippen LogP contribution in [0.3, 0.4) is 0 Å². The summed E-state index contributed by atoms with van der Waals surface area (Å²) < 4.78 is 43.0. The topological polar surface area (TPSA) is 39.2 Å². The number of aromatic nitrogens is 1. The summed E-state index contributed by atoms with van der Waals surface area (Å²) in [4.78, 5) is 16.2. The van der Waals surface area contributed by atoms with E-state index in [2.05, 4.69) is 4.98 Å². The highest BCUT2D eigenvalue weighted by molar-refractivity contribution is 5.90. The lowest BCUT2D eigenvalue weighted by atomic mass is 9.98. The molecule has 0 atom stereocenters. The molecule has 26 heavy (non-hydrogen) atoms. The van der Waals surface area contributed by atoms with Gasteiger partial charge < -0.3 is 4.74 Å².